The summed E-state index contributed by atoms with van der Waals surface area (Å²) in [5, 5.41) is 28.2. The number of amides is 4. The molecule has 0 spiro atoms. The Kier molecular flexibility index (Phi) is 31.9. The molecule has 6 aliphatic rings. The van der Waals surface area contributed by atoms with Gasteiger partial charge in [-0.25, -0.2) is 4.90 Å². The number of aliphatic hydroxyl groups excluding tert-OH is 1. The van der Waals surface area contributed by atoms with Crippen LogP contribution in [-0.2, 0) is 122 Å². The summed E-state index contributed by atoms with van der Waals surface area (Å²) < 4.78 is 137. The number of imide groups is 2. The molecule has 28 heteroatoms. The summed E-state index contributed by atoms with van der Waals surface area (Å²) in [7, 11) is 1.51. The SMILES string of the molecule is COc1ccc(OC2OC(CO)C(OC3OC(COCc4ccccc4)C(OCc4ccccc4)C(OC4OC(COCc5ccccc5)C(OC5OC(COCc6ccccc6)C(OCc6ccccc6)C(OC(C)=O)C5Oc5ccc(C)cc5)C(OCc5ccccc5)C4(O)N4C(=O)c5ccccc5C4=O)C3Oc3ccc(C)cc3)C(OCc3ccccc3)C2N2C(=O)c3ccccc3C2=O)cc1. The Morgan fingerprint density at radius 3 is 1.06 bits per heavy atom. The van der Waals surface area contributed by atoms with Crippen molar-refractivity contribution in [3.05, 3.63) is 406 Å². The molecule has 12 aromatic rings. The van der Waals surface area contributed by atoms with Gasteiger partial charge in [0.2, 0.25) is 18.3 Å². The Labute approximate surface area is 811 Å². The van der Waals surface area contributed by atoms with E-state index in [2.05, 4.69) is 0 Å². The van der Waals surface area contributed by atoms with E-state index in [9.17, 15) is 9.90 Å². The Morgan fingerprint density at radius 1 is 0.329 bits per heavy atom. The van der Waals surface area contributed by atoms with Gasteiger partial charge < -0.3 is 100 Å². The molecule has 0 bridgehead atoms. The second-order valence-corrected chi connectivity index (χ2v) is 35.1. The Balaban J connectivity index is 0.832. The molecule has 6 heterocycles. The molecule has 0 radical (unpaired) electrons. The predicted octanol–water partition coefficient (Wildman–Crippen LogP) is 15.2. The number of carbonyl (C=O) groups excluding carboxylic acids is 5. The molecule has 4 amide bonds. The fourth-order valence-electron chi connectivity index (χ4n) is 18.4. The minimum atomic E-state index is -3.35. The monoisotopic (exact) mass is 1900 g/mol. The molecular formula is C112H110N2O26. The molecule has 18 rings (SSSR count). The number of aliphatic hydroxyl groups is 2. The van der Waals surface area contributed by atoms with E-state index >= 15 is 24.3 Å². The first-order valence-corrected chi connectivity index (χ1v) is 46.8. The summed E-state index contributed by atoms with van der Waals surface area (Å²) in [6, 6.07) is 96.6. The van der Waals surface area contributed by atoms with Crippen LogP contribution in [0, 0.1) is 13.8 Å². The third kappa shape index (κ3) is 22.7. The van der Waals surface area contributed by atoms with E-state index in [0.717, 1.165) is 38.3 Å². The first-order chi connectivity index (χ1) is 68.5. The van der Waals surface area contributed by atoms with Gasteiger partial charge >= 0.3 is 5.97 Å². The number of nitrogens with zero attached hydrogens (tertiary/aromatic N) is 2. The minimum absolute atomic E-state index is 0.00771. The lowest BCUT2D eigenvalue weighted by Gasteiger charge is -2.56. The van der Waals surface area contributed by atoms with Gasteiger partial charge in [-0.3, -0.25) is 28.9 Å². The van der Waals surface area contributed by atoms with Crippen LogP contribution in [0.3, 0.4) is 0 Å². The van der Waals surface area contributed by atoms with Gasteiger partial charge in [0.1, 0.15) is 96.2 Å². The van der Waals surface area contributed by atoms with Crippen molar-refractivity contribution in [3.63, 3.8) is 0 Å². The normalized spacial score (nSPS) is 26.0. The van der Waals surface area contributed by atoms with Crippen molar-refractivity contribution in [2.45, 2.75) is 189 Å². The van der Waals surface area contributed by atoms with E-state index in [1.165, 1.54) is 26.2 Å². The molecular weight excluding hydrogens is 1790 g/mol. The number of carbonyl (C=O) groups is 5. The standard InChI is InChI=1S/C112H110N2O26/c1-71-48-52-82(53-49-71)131-101-99(130-73(3)116)94(126-64-77-36-18-8-19-37-77)90(68-123-61-74-30-12-5-13-31-74)136-110(101)139-97-92(70-125-63-76-34-16-7-17-35-76)137-111(112(121,103(97)129-67-80-42-24-11-25-43-80)114-106(119)87-46-28-29-47-88(87)107(114)120)140-100-95(127-65-78-38-20-9-21-39-78)91(69-124-62-75-32-14-6-15-33-75)135-109(102(100)132-83-54-50-72(2)51-55-83)138-96-89(60-115)134-108(133-84-58-56-81(122-4)57-59-84)93(98(96)128-66-79-40-22-10-23-41-79)113-104(117)85-44-26-27-45-86(85)105(113)118/h5-59,89-103,108-111,115,121H,60-70H2,1-4H3. The number of hydrogen-bond donors (Lipinski definition) is 2. The summed E-state index contributed by atoms with van der Waals surface area (Å²) in [4.78, 5) is 80.2. The summed E-state index contributed by atoms with van der Waals surface area (Å²) in [5.74, 6) is -3.13. The van der Waals surface area contributed by atoms with E-state index in [0.29, 0.717) is 27.3 Å². The fourth-order valence-corrected chi connectivity index (χ4v) is 18.4. The number of esters is 1. The van der Waals surface area contributed by atoms with Crippen LogP contribution in [0.4, 0.5) is 0 Å². The van der Waals surface area contributed by atoms with Crippen molar-refractivity contribution in [3.8, 4) is 23.0 Å². The zero-order valence-corrected chi connectivity index (χ0v) is 77.6. The van der Waals surface area contributed by atoms with Crippen LogP contribution < -0.4 is 18.9 Å². The van der Waals surface area contributed by atoms with Crippen LogP contribution >= 0.6 is 0 Å². The average Bonchev–Trinajstić information content (AvgIpc) is 1.54. The van der Waals surface area contributed by atoms with Gasteiger partial charge in [-0.1, -0.05) is 272 Å². The highest BCUT2D eigenvalue weighted by molar-refractivity contribution is 6.22. The lowest BCUT2D eigenvalue weighted by molar-refractivity contribution is -0.421. The molecule has 724 valence electrons. The molecule has 12 aromatic carbocycles. The van der Waals surface area contributed by atoms with Crippen LogP contribution in [0.5, 0.6) is 23.0 Å². The molecule has 28 nitrogen and oxygen atoms in total. The number of fused-ring (bicyclic) bond motifs is 2. The van der Waals surface area contributed by atoms with Crippen molar-refractivity contribution in [2.75, 3.05) is 33.5 Å². The molecule has 2 N–H and O–H groups in total. The van der Waals surface area contributed by atoms with E-state index < -0.39 is 172 Å². The summed E-state index contributed by atoms with van der Waals surface area (Å²) in [6.07, 6.45) is -30.1. The van der Waals surface area contributed by atoms with Crippen LogP contribution in [0.15, 0.2) is 334 Å². The Hall–Kier alpha value is -13.1. The van der Waals surface area contributed by atoms with Crippen LogP contribution in [0.2, 0.25) is 0 Å². The molecule has 0 aromatic heterocycles. The number of methoxy groups -OCH3 is 1. The van der Waals surface area contributed by atoms with Crippen molar-refractivity contribution >= 4 is 29.6 Å². The topological polar surface area (TPSA) is 308 Å². The highest BCUT2D eigenvalue weighted by atomic mass is 16.8. The molecule has 4 saturated heterocycles. The first kappa shape index (κ1) is 97.2. The number of ether oxygens (including phenoxy) is 19. The first-order valence-electron chi connectivity index (χ1n) is 46.8. The highest BCUT2D eigenvalue weighted by Gasteiger charge is 2.69. The van der Waals surface area contributed by atoms with Gasteiger partial charge in [0.25, 0.3) is 23.6 Å². The Bertz CT molecular complexity index is 5980. The van der Waals surface area contributed by atoms with E-state index in [-0.39, 0.29) is 92.4 Å². The van der Waals surface area contributed by atoms with Crippen molar-refractivity contribution in [1.82, 2.24) is 9.80 Å². The number of aryl methyl sites for hydroxylation is 2. The van der Waals surface area contributed by atoms with Gasteiger partial charge in [0.05, 0.1) is 102 Å². The van der Waals surface area contributed by atoms with Crippen LogP contribution in [-0.4, -0.2) is 206 Å². The van der Waals surface area contributed by atoms with Crippen LogP contribution in [0.25, 0.3) is 0 Å². The lowest BCUT2D eigenvalue weighted by atomic mass is 9.89. The molecule has 0 saturated carbocycles. The summed E-state index contributed by atoms with van der Waals surface area (Å²) in [5.41, 5.74) is 3.15. The molecule has 0 aliphatic carbocycles. The molecule has 20 unspecified atom stereocenters. The van der Waals surface area contributed by atoms with Crippen LogP contribution in [0.1, 0.15) is 98.4 Å². The maximum absolute atomic E-state index is 16.6. The third-order valence-electron chi connectivity index (χ3n) is 25.4. The third-order valence-corrected chi connectivity index (χ3v) is 25.4. The van der Waals surface area contributed by atoms with Gasteiger partial charge in [0, 0.05) is 6.92 Å². The van der Waals surface area contributed by atoms with Gasteiger partial charge in [0.15, 0.2) is 30.9 Å². The minimum Gasteiger partial charge on any atom is -0.497 e. The van der Waals surface area contributed by atoms with Crippen molar-refractivity contribution < 1.29 is 124 Å². The van der Waals surface area contributed by atoms with Crippen molar-refractivity contribution in [2.24, 2.45) is 0 Å². The smallest absolute Gasteiger partial charge is 0.303 e. The van der Waals surface area contributed by atoms with Crippen molar-refractivity contribution in [1.29, 1.82) is 0 Å². The second-order valence-electron chi connectivity index (χ2n) is 35.1. The second kappa shape index (κ2) is 45.9. The quantitative estimate of drug-likeness (QED) is 0.0266. The zero-order chi connectivity index (χ0) is 96.4. The largest absolute Gasteiger partial charge is 0.497 e. The summed E-state index contributed by atoms with van der Waals surface area (Å²) in [6.45, 7) is 2.33. The maximum Gasteiger partial charge on any atom is 0.303 e. The average molecular weight is 1900 g/mol. The molecule has 6 aliphatic heterocycles. The number of benzene rings is 12. The number of hydrogen-bond acceptors (Lipinski definition) is 26. The number of rotatable bonds is 41. The zero-order valence-electron chi connectivity index (χ0n) is 77.6. The molecule has 140 heavy (non-hydrogen) atoms. The molecule has 20 atom stereocenters. The van der Waals surface area contributed by atoms with E-state index in [4.69, 9.17) is 90.0 Å². The maximum atomic E-state index is 16.6. The van der Waals surface area contributed by atoms with Gasteiger partial charge in [-0.2, -0.15) is 0 Å². The molecule has 4 fully saturated rings. The summed E-state index contributed by atoms with van der Waals surface area (Å²) >= 11 is 0. The van der Waals surface area contributed by atoms with E-state index in [1.807, 2.05) is 226 Å². The van der Waals surface area contributed by atoms with Gasteiger partial charge in [-0.15, -0.1) is 0 Å². The van der Waals surface area contributed by atoms with Gasteiger partial charge in [-0.05, 0) is 126 Å². The predicted molar refractivity (Wildman–Crippen MR) is 508 cm³/mol. The lowest BCUT2D eigenvalue weighted by Crippen LogP contribution is -2.77. The fraction of sp³-hybridized carbons (Fsp3) is 0.312. The Morgan fingerprint density at radius 2 is 0.657 bits per heavy atom. The highest BCUT2D eigenvalue weighted by Crippen LogP contribution is 2.48. The van der Waals surface area contributed by atoms with E-state index in [1.54, 1.807) is 109 Å².